The summed E-state index contributed by atoms with van der Waals surface area (Å²) < 4.78 is 22.7. The molecule has 1 aliphatic heterocycles. The number of fused-ring (bicyclic) bond motifs is 1. The normalized spacial score (nSPS) is 14.2. The van der Waals surface area contributed by atoms with Crippen molar-refractivity contribution < 1.29 is 9.13 Å². The second-order valence-corrected chi connectivity index (χ2v) is 8.53. The van der Waals surface area contributed by atoms with Crippen molar-refractivity contribution in [2.75, 3.05) is 31.2 Å². The summed E-state index contributed by atoms with van der Waals surface area (Å²) in [4.78, 5) is 19.1. The number of nitrogens with zero attached hydrogens (tertiary/aromatic N) is 6. The van der Waals surface area contributed by atoms with Crippen molar-refractivity contribution in [1.29, 1.82) is 0 Å². The maximum absolute atomic E-state index is 14.0. The third kappa shape index (κ3) is 4.21. The number of hydrogen-bond acceptors (Lipinski definition) is 7. The predicted octanol–water partition coefficient (Wildman–Crippen LogP) is 3.20. The molecule has 0 saturated carbocycles. The van der Waals surface area contributed by atoms with Crippen LogP contribution in [0.1, 0.15) is 5.69 Å². The molecule has 0 atom stereocenters. The lowest BCUT2D eigenvalue weighted by Crippen LogP contribution is -2.37. The Balaban J connectivity index is 1.48. The lowest BCUT2D eigenvalue weighted by atomic mass is 10.3. The van der Waals surface area contributed by atoms with Crippen molar-refractivity contribution in [2.24, 2.45) is 0 Å². The summed E-state index contributed by atoms with van der Waals surface area (Å²) >= 11 is 7.36. The molecule has 0 aliphatic carbocycles. The zero-order valence-electron chi connectivity index (χ0n) is 16.8. The van der Waals surface area contributed by atoms with Crippen LogP contribution in [0.15, 0.2) is 58.6 Å². The standard InChI is InChI=1S/C21H18ClFN6O2S/c22-14-4-5-18-24-16(11-19(30)28(18)12-14)13-32-21-26-25-20(27-6-8-31-9-7-27)29(21)17-3-1-2-15(23)10-17/h1-5,10-12H,6-9,13H2. The molecular weight excluding hydrogens is 455 g/mol. The van der Waals surface area contributed by atoms with Crippen molar-refractivity contribution in [1.82, 2.24) is 24.1 Å². The van der Waals surface area contributed by atoms with Crippen molar-refractivity contribution in [3.63, 3.8) is 0 Å². The van der Waals surface area contributed by atoms with Crippen molar-refractivity contribution in [2.45, 2.75) is 10.9 Å². The van der Waals surface area contributed by atoms with Gasteiger partial charge in [-0.1, -0.05) is 29.4 Å². The Hall–Kier alpha value is -2.95. The first kappa shape index (κ1) is 20.9. The van der Waals surface area contributed by atoms with E-state index in [1.54, 1.807) is 24.4 Å². The molecule has 11 heteroatoms. The van der Waals surface area contributed by atoms with Gasteiger partial charge in [0.15, 0.2) is 5.16 Å². The molecule has 1 aliphatic rings. The Morgan fingerprint density at radius 1 is 1.12 bits per heavy atom. The SMILES string of the molecule is O=c1cc(CSc2nnc(N3CCOCC3)n2-c2cccc(F)c2)nc2ccc(Cl)cn12. The van der Waals surface area contributed by atoms with Crippen LogP contribution in [-0.4, -0.2) is 50.5 Å². The maximum Gasteiger partial charge on any atom is 0.258 e. The maximum atomic E-state index is 14.0. The molecule has 3 aromatic heterocycles. The van der Waals surface area contributed by atoms with Gasteiger partial charge in [-0.3, -0.25) is 13.8 Å². The van der Waals surface area contributed by atoms with E-state index in [4.69, 9.17) is 16.3 Å². The number of hydrogen-bond donors (Lipinski definition) is 0. The Morgan fingerprint density at radius 3 is 2.78 bits per heavy atom. The molecule has 5 rings (SSSR count). The summed E-state index contributed by atoms with van der Waals surface area (Å²) in [5, 5.41) is 9.77. The summed E-state index contributed by atoms with van der Waals surface area (Å²) in [6.45, 7) is 2.52. The van der Waals surface area contributed by atoms with E-state index in [2.05, 4.69) is 20.1 Å². The number of aromatic nitrogens is 5. The van der Waals surface area contributed by atoms with Crippen LogP contribution in [0.2, 0.25) is 5.02 Å². The second kappa shape index (κ2) is 8.89. The van der Waals surface area contributed by atoms with E-state index in [-0.39, 0.29) is 11.4 Å². The van der Waals surface area contributed by atoms with E-state index in [9.17, 15) is 9.18 Å². The number of pyridine rings is 1. The average molecular weight is 473 g/mol. The molecular formula is C21H18ClFN6O2S. The zero-order valence-corrected chi connectivity index (χ0v) is 18.4. The van der Waals surface area contributed by atoms with Gasteiger partial charge in [0.05, 0.1) is 29.6 Å². The van der Waals surface area contributed by atoms with E-state index in [0.29, 0.717) is 65.2 Å². The van der Waals surface area contributed by atoms with E-state index in [0.717, 1.165) is 0 Å². The van der Waals surface area contributed by atoms with E-state index in [1.165, 1.54) is 34.4 Å². The van der Waals surface area contributed by atoms with Crippen molar-refractivity contribution >= 4 is 35.0 Å². The monoisotopic (exact) mass is 472 g/mol. The number of anilines is 1. The fourth-order valence-electron chi connectivity index (χ4n) is 3.50. The fourth-order valence-corrected chi connectivity index (χ4v) is 4.50. The number of rotatable bonds is 5. The van der Waals surface area contributed by atoms with Crippen molar-refractivity contribution in [3.05, 3.63) is 75.5 Å². The Labute approximate surface area is 191 Å². The summed E-state index contributed by atoms with van der Waals surface area (Å²) in [5.41, 5.74) is 1.52. The highest BCUT2D eigenvalue weighted by molar-refractivity contribution is 7.98. The zero-order chi connectivity index (χ0) is 22.1. The third-order valence-electron chi connectivity index (χ3n) is 5.00. The molecule has 0 radical (unpaired) electrons. The Kier molecular flexibility index (Phi) is 5.81. The summed E-state index contributed by atoms with van der Waals surface area (Å²) in [5.74, 6) is 0.677. The van der Waals surface area contributed by atoms with Crippen LogP contribution >= 0.6 is 23.4 Å². The van der Waals surface area contributed by atoms with Crippen LogP contribution in [-0.2, 0) is 10.5 Å². The first-order valence-electron chi connectivity index (χ1n) is 9.93. The quantitative estimate of drug-likeness (QED) is 0.413. The molecule has 4 aromatic rings. The van der Waals surface area contributed by atoms with Gasteiger partial charge in [-0.25, -0.2) is 9.37 Å². The van der Waals surface area contributed by atoms with Gasteiger partial charge >= 0.3 is 0 Å². The van der Waals surface area contributed by atoms with E-state index < -0.39 is 0 Å². The van der Waals surface area contributed by atoms with E-state index >= 15 is 0 Å². The fraction of sp³-hybridized carbons (Fsp3) is 0.238. The van der Waals surface area contributed by atoms with Crippen LogP contribution in [0.5, 0.6) is 0 Å². The molecule has 164 valence electrons. The summed E-state index contributed by atoms with van der Waals surface area (Å²) in [6, 6.07) is 11.2. The lowest BCUT2D eigenvalue weighted by molar-refractivity contribution is 0.122. The molecule has 8 nitrogen and oxygen atoms in total. The number of halogens is 2. The molecule has 0 spiro atoms. The van der Waals surface area contributed by atoms with Gasteiger partial charge in [0, 0.05) is 31.1 Å². The minimum absolute atomic E-state index is 0.214. The van der Waals surface area contributed by atoms with Gasteiger partial charge in [-0.2, -0.15) is 0 Å². The van der Waals surface area contributed by atoms with Crippen LogP contribution in [0.4, 0.5) is 10.3 Å². The minimum atomic E-state index is -0.344. The molecule has 0 bridgehead atoms. The third-order valence-corrected chi connectivity index (χ3v) is 6.19. The molecule has 1 fully saturated rings. The highest BCUT2D eigenvalue weighted by Gasteiger charge is 2.22. The minimum Gasteiger partial charge on any atom is -0.378 e. The second-order valence-electron chi connectivity index (χ2n) is 7.15. The first-order valence-corrected chi connectivity index (χ1v) is 11.3. The molecule has 0 N–H and O–H groups in total. The van der Waals surface area contributed by atoms with Gasteiger partial charge < -0.3 is 9.64 Å². The van der Waals surface area contributed by atoms with Crippen LogP contribution in [0.3, 0.4) is 0 Å². The molecule has 0 amide bonds. The van der Waals surface area contributed by atoms with Crippen LogP contribution in [0, 0.1) is 5.82 Å². The smallest absolute Gasteiger partial charge is 0.258 e. The number of ether oxygens (including phenoxy) is 1. The van der Waals surface area contributed by atoms with Gasteiger partial charge in [-0.05, 0) is 30.3 Å². The highest BCUT2D eigenvalue weighted by Crippen LogP contribution is 2.29. The van der Waals surface area contributed by atoms with Crippen molar-refractivity contribution in [3.8, 4) is 5.69 Å². The largest absolute Gasteiger partial charge is 0.378 e. The van der Waals surface area contributed by atoms with Crippen LogP contribution in [0.25, 0.3) is 11.3 Å². The summed E-state index contributed by atoms with van der Waals surface area (Å²) in [6.07, 6.45) is 1.54. The molecule has 1 aromatic carbocycles. The lowest BCUT2D eigenvalue weighted by Gasteiger charge is -2.27. The van der Waals surface area contributed by atoms with Gasteiger partial charge in [-0.15, -0.1) is 10.2 Å². The molecule has 32 heavy (non-hydrogen) atoms. The van der Waals surface area contributed by atoms with Gasteiger partial charge in [0.25, 0.3) is 5.56 Å². The van der Waals surface area contributed by atoms with E-state index in [1.807, 2.05) is 10.6 Å². The molecule has 1 saturated heterocycles. The molecule has 4 heterocycles. The average Bonchev–Trinajstić information content (AvgIpc) is 3.23. The Morgan fingerprint density at radius 2 is 1.97 bits per heavy atom. The van der Waals surface area contributed by atoms with Crippen LogP contribution < -0.4 is 10.5 Å². The Bertz CT molecular complexity index is 1340. The molecule has 0 unspecified atom stereocenters. The number of benzene rings is 1. The first-order chi connectivity index (χ1) is 15.6. The number of thioether (sulfide) groups is 1. The predicted molar refractivity (Wildman–Crippen MR) is 120 cm³/mol. The van der Waals surface area contributed by atoms with Gasteiger partial charge in [0.2, 0.25) is 5.95 Å². The number of morpholine rings is 1. The van der Waals surface area contributed by atoms with Gasteiger partial charge in [0.1, 0.15) is 11.5 Å². The summed E-state index contributed by atoms with van der Waals surface area (Å²) in [7, 11) is 0. The highest BCUT2D eigenvalue weighted by atomic mass is 35.5. The topological polar surface area (TPSA) is 77.6 Å².